The van der Waals surface area contributed by atoms with Gasteiger partial charge in [0.25, 0.3) is 0 Å². The second kappa shape index (κ2) is 6.38. The Kier molecular flexibility index (Phi) is 5.67. The second-order valence-electron chi connectivity index (χ2n) is 7.19. The van der Waals surface area contributed by atoms with Crippen molar-refractivity contribution in [3.8, 4) is 0 Å². The van der Waals surface area contributed by atoms with Crippen molar-refractivity contribution in [2.45, 2.75) is 79.4 Å². The lowest BCUT2D eigenvalue weighted by atomic mass is 9.83. The molecule has 0 aliphatic carbocycles. The van der Waals surface area contributed by atoms with Crippen LogP contribution < -0.4 is 5.32 Å². The molecule has 0 saturated carbocycles. The van der Waals surface area contributed by atoms with Crippen LogP contribution in [0.3, 0.4) is 0 Å². The van der Waals surface area contributed by atoms with Gasteiger partial charge in [-0.25, -0.2) is 0 Å². The molecule has 1 fully saturated rings. The van der Waals surface area contributed by atoms with Gasteiger partial charge in [0.15, 0.2) is 0 Å². The minimum atomic E-state index is 0.353. The molecule has 18 heavy (non-hydrogen) atoms. The quantitative estimate of drug-likeness (QED) is 0.826. The van der Waals surface area contributed by atoms with Crippen molar-refractivity contribution < 1.29 is 0 Å². The van der Waals surface area contributed by atoms with Crippen molar-refractivity contribution >= 4 is 0 Å². The molecule has 1 N–H and O–H groups in total. The average molecular weight is 254 g/mol. The van der Waals surface area contributed by atoms with Crippen LogP contribution in [0, 0.1) is 11.3 Å². The molecule has 0 radical (unpaired) electrons. The van der Waals surface area contributed by atoms with Gasteiger partial charge in [0, 0.05) is 31.2 Å². The predicted octanol–water partition coefficient (Wildman–Crippen LogP) is 3.52. The van der Waals surface area contributed by atoms with Crippen LogP contribution in [0.2, 0.25) is 0 Å². The SMILES string of the molecule is CCC(CC)C(C)N1CC(C(C)(C)C)NCC1C. The van der Waals surface area contributed by atoms with E-state index in [1.54, 1.807) is 0 Å². The summed E-state index contributed by atoms with van der Waals surface area (Å²) in [5.74, 6) is 0.839. The zero-order chi connectivity index (χ0) is 13.9. The minimum absolute atomic E-state index is 0.353. The molecule has 1 heterocycles. The van der Waals surface area contributed by atoms with Gasteiger partial charge in [-0.3, -0.25) is 4.90 Å². The molecule has 0 spiro atoms. The van der Waals surface area contributed by atoms with Gasteiger partial charge < -0.3 is 5.32 Å². The Bertz CT molecular complexity index is 240. The van der Waals surface area contributed by atoms with Crippen LogP contribution in [0.4, 0.5) is 0 Å². The maximum atomic E-state index is 3.73. The van der Waals surface area contributed by atoms with Crippen LogP contribution >= 0.6 is 0 Å². The van der Waals surface area contributed by atoms with Gasteiger partial charge in [-0.15, -0.1) is 0 Å². The molecule has 3 atom stereocenters. The van der Waals surface area contributed by atoms with Crippen molar-refractivity contribution in [3.05, 3.63) is 0 Å². The van der Waals surface area contributed by atoms with E-state index in [0.717, 1.165) is 12.5 Å². The lowest BCUT2D eigenvalue weighted by Gasteiger charge is -2.48. The first kappa shape index (κ1) is 16.0. The average Bonchev–Trinajstić information content (AvgIpc) is 2.29. The maximum absolute atomic E-state index is 3.73. The van der Waals surface area contributed by atoms with Crippen LogP contribution in [0.25, 0.3) is 0 Å². The monoisotopic (exact) mass is 254 g/mol. The van der Waals surface area contributed by atoms with Crippen LogP contribution in [0.15, 0.2) is 0 Å². The summed E-state index contributed by atoms with van der Waals surface area (Å²) in [6, 6.07) is 1.99. The Morgan fingerprint density at radius 3 is 2.22 bits per heavy atom. The molecule has 0 aromatic rings. The van der Waals surface area contributed by atoms with Crippen molar-refractivity contribution in [2.75, 3.05) is 13.1 Å². The largest absolute Gasteiger partial charge is 0.311 e. The molecule has 2 heteroatoms. The third-order valence-corrected chi connectivity index (χ3v) is 4.92. The number of rotatable bonds is 4. The lowest BCUT2D eigenvalue weighted by molar-refractivity contribution is 0.0386. The van der Waals surface area contributed by atoms with Gasteiger partial charge in [0.05, 0.1) is 0 Å². The zero-order valence-electron chi connectivity index (χ0n) is 13.6. The highest BCUT2D eigenvalue weighted by atomic mass is 15.3. The van der Waals surface area contributed by atoms with Gasteiger partial charge in [0.2, 0.25) is 0 Å². The van der Waals surface area contributed by atoms with E-state index in [0.29, 0.717) is 23.5 Å². The smallest absolute Gasteiger partial charge is 0.0244 e. The summed E-state index contributed by atoms with van der Waals surface area (Å²) in [7, 11) is 0. The van der Waals surface area contributed by atoms with Gasteiger partial charge in [-0.1, -0.05) is 47.5 Å². The summed E-state index contributed by atoms with van der Waals surface area (Å²) in [6.07, 6.45) is 2.60. The molecule has 1 aliphatic heterocycles. The molecular formula is C16H34N2. The van der Waals surface area contributed by atoms with Crippen molar-refractivity contribution in [1.82, 2.24) is 10.2 Å². The van der Waals surface area contributed by atoms with Crippen molar-refractivity contribution in [2.24, 2.45) is 11.3 Å². The van der Waals surface area contributed by atoms with Crippen molar-refractivity contribution in [3.63, 3.8) is 0 Å². The first-order valence-electron chi connectivity index (χ1n) is 7.80. The molecule has 3 unspecified atom stereocenters. The Labute approximate surface area is 115 Å². The van der Waals surface area contributed by atoms with E-state index in [9.17, 15) is 0 Å². The summed E-state index contributed by atoms with van der Waals surface area (Å²) in [6.45, 7) is 18.8. The second-order valence-corrected chi connectivity index (χ2v) is 7.19. The Morgan fingerprint density at radius 2 is 1.78 bits per heavy atom. The first-order chi connectivity index (χ1) is 8.31. The molecule has 0 bridgehead atoms. The fourth-order valence-electron chi connectivity index (χ4n) is 3.27. The molecule has 1 aliphatic rings. The highest BCUT2D eigenvalue weighted by molar-refractivity contribution is 4.93. The summed E-state index contributed by atoms with van der Waals surface area (Å²) in [5, 5.41) is 3.73. The molecule has 0 aromatic heterocycles. The lowest BCUT2D eigenvalue weighted by Crippen LogP contribution is -2.62. The Morgan fingerprint density at radius 1 is 1.22 bits per heavy atom. The zero-order valence-corrected chi connectivity index (χ0v) is 13.6. The van der Waals surface area contributed by atoms with E-state index in [1.807, 2.05) is 0 Å². The van der Waals surface area contributed by atoms with Crippen LogP contribution in [-0.4, -0.2) is 36.1 Å². The molecule has 0 amide bonds. The molecule has 108 valence electrons. The number of nitrogens with zero attached hydrogens (tertiary/aromatic N) is 1. The van der Waals surface area contributed by atoms with E-state index in [-0.39, 0.29) is 0 Å². The fourth-order valence-corrected chi connectivity index (χ4v) is 3.27. The van der Waals surface area contributed by atoms with Crippen LogP contribution in [-0.2, 0) is 0 Å². The Balaban J connectivity index is 2.73. The molecular weight excluding hydrogens is 220 g/mol. The van der Waals surface area contributed by atoms with E-state index < -0.39 is 0 Å². The van der Waals surface area contributed by atoms with Crippen LogP contribution in [0.5, 0.6) is 0 Å². The minimum Gasteiger partial charge on any atom is -0.311 e. The maximum Gasteiger partial charge on any atom is 0.0244 e. The standard InChI is InChI=1S/C16H34N2/c1-8-14(9-2)13(4)18-11-15(16(5,6)7)17-10-12(18)3/h12-15,17H,8-11H2,1-7H3. The summed E-state index contributed by atoms with van der Waals surface area (Å²) >= 11 is 0. The number of hydrogen-bond donors (Lipinski definition) is 1. The van der Waals surface area contributed by atoms with E-state index >= 15 is 0 Å². The fraction of sp³-hybridized carbons (Fsp3) is 1.00. The molecule has 1 rings (SSSR count). The van der Waals surface area contributed by atoms with E-state index in [2.05, 4.69) is 58.7 Å². The number of hydrogen-bond acceptors (Lipinski definition) is 2. The van der Waals surface area contributed by atoms with E-state index in [1.165, 1.54) is 19.4 Å². The third kappa shape index (κ3) is 3.71. The van der Waals surface area contributed by atoms with Gasteiger partial charge >= 0.3 is 0 Å². The number of nitrogens with one attached hydrogen (secondary N) is 1. The van der Waals surface area contributed by atoms with E-state index in [4.69, 9.17) is 0 Å². The highest BCUT2D eigenvalue weighted by Crippen LogP contribution is 2.27. The third-order valence-electron chi connectivity index (χ3n) is 4.92. The Hall–Kier alpha value is -0.0800. The number of piperazine rings is 1. The van der Waals surface area contributed by atoms with Crippen LogP contribution in [0.1, 0.15) is 61.3 Å². The van der Waals surface area contributed by atoms with Gasteiger partial charge in [-0.05, 0) is 25.2 Å². The summed E-state index contributed by atoms with van der Waals surface area (Å²) in [4.78, 5) is 2.74. The van der Waals surface area contributed by atoms with Gasteiger partial charge in [0.1, 0.15) is 0 Å². The topological polar surface area (TPSA) is 15.3 Å². The van der Waals surface area contributed by atoms with Gasteiger partial charge in [-0.2, -0.15) is 0 Å². The summed E-state index contributed by atoms with van der Waals surface area (Å²) in [5.41, 5.74) is 0.353. The first-order valence-corrected chi connectivity index (χ1v) is 7.80. The highest BCUT2D eigenvalue weighted by Gasteiger charge is 2.35. The molecule has 0 aromatic carbocycles. The molecule has 2 nitrogen and oxygen atoms in total. The predicted molar refractivity (Wildman–Crippen MR) is 80.9 cm³/mol. The molecule has 1 saturated heterocycles. The summed E-state index contributed by atoms with van der Waals surface area (Å²) < 4.78 is 0. The van der Waals surface area contributed by atoms with Crippen molar-refractivity contribution in [1.29, 1.82) is 0 Å². The normalized spacial score (nSPS) is 28.7.